The average Bonchev–Trinajstić information content (AvgIpc) is 3.28. The lowest BCUT2D eigenvalue weighted by Crippen LogP contribution is -2.17. The van der Waals surface area contributed by atoms with Crippen LogP contribution in [0.2, 0.25) is 0 Å². The fourth-order valence-corrected chi connectivity index (χ4v) is 4.07. The second-order valence-corrected chi connectivity index (χ2v) is 8.21. The highest BCUT2D eigenvalue weighted by molar-refractivity contribution is 6.05. The van der Waals surface area contributed by atoms with Gasteiger partial charge in [0.1, 0.15) is 18.2 Å². The fraction of sp³-hybridized carbons (Fsp3) is 0.148. The van der Waals surface area contributed by atoms with Gasteiger partial charge in [0.2, 0.25) is 0 Å². The number of imidazole rings is 1. The molecule has 3 aromatic carbocycles. The van der Waals surface area contributed by atoms with Crippen LogP contribution in [0.4, 0.5) is 13.2 Å². The topological polar surface area (TPSA) is 66.2 Å². The molecule has 36 heavy (non-hydrogen) atoms. The Balaban J connectivity index is 1.35. The maximum absolute atomic E-state index is 12.5. The third kappa shape index (κ3) is 5.00. The van der Waals surface area contributed by atoms with Crippen LogP contribution in [0.15, 0.2) is 85.3 Å². The lowest BCUT2D eigenvalue weighted by atomic mass is 10.0. The first-order valence-electron chi connectivity index (χ1n) is 11.1. The van der Waals surface area contributed by atoms with Crippen LogP contribution in [0.1, 0.15) is 24.3 Å². The Bertz CT molecular complexity index is 1530. The summed E-state index contributed by atoms with van der Waals surface area (Å²) in [7, 11) is 0. The average molecular weight is 491 g/mol. The van der Waals surface area contributed by atoms with E-state index >= 15 is 0 Å². The molecule has 1 unspecified atom stereocenters. The van der Waals surface area contributed by atoms with Crippen LogP contribution >= 0.6 is 0 Å². The van der Waals surface area contributed by atoms with Crippen LogP contribution in [-0.2, 0) is 16.0 Å². The molecule has 182 valence electrons. The second-order valence-electron chi connectivity index (χ2n) is 8.21. The fourth-order valence-electron chi connectivity index (χ4n) is 4.07. The molecule has 0 aliphatic heterocycles. The quantitative estimate of drug-likeness (QED) is 0.260. The molecule has 2 heterocycles. The van der Waals surface area contributed by atoms with E-state index in [0.717, 1.165) is 27.4 Å². The van der Waals surface area contributed by atoms with E-state index in [9.17, 15) is 18.0 Å². The summed E-state index contributed by atoms with van der Waals surface area (Å²) in [6.07, 6.45) is -1.80. The number of esters is 1. The van der Waals surface area contributed by atoms with Gasteiger partial charge in [-0.2, -0.15) is 0 Å². The van der Waals surface area contributed by atoms with E-state index in [0.29, 0.717) is 11.4 Å². The van der Waals surface area contributed by atoms with Crippen molar-refractivity contribution >= 4 is 27.8 Å². The van der Waals surface area contributed by atoms with E-state index < -0.39 is 12.5 Å². The number of carbonyl (C=O) groups excluding carboxylic acids is 1. The zero-order chi connectivity index (χ0) is 25.3. The molecule has 2 aromatic heterocycles. The Morgan fingerprint density at radius 3 is 2.53 bits per heavy atom. The summed E-state index contributed by atoms with van der Waals surface area (Å²) in [4.78, 5) is 21.2. The van der Waals surface area contributed by atoms with Crippen molar-refractivity contribution < 1.29 is 27.4 Å². The number of nitrogens with zero attached hydrogens (tertiary/aromatic N) is 3. The largest absolute Gasteiger partial charge is 0.573 e. The van der Waals surface area contributed by atoms with Crippen LogP contribution in [0, 0.1) is 0 Å². The number of hydrogen-bond donors (Lipinski definition) is 0. The monoisotopic (exact) mass is 491 g/mol. The lowest BCUT2D eigenvalue weighted by molar-refractivity contribution is -0.274. The maximum atomic E-state index is 12.5. The van der Waals surface area contributed by atoms with Gasteiger partial charge in [0.05, 0.1) is 23.1 Å². The molecule has 0 aliphatic rings. The van der Waals surface area contributed by atoms with Crippen LogP contribution in [0.5, 0.6) is 5.75 Å². The first kappa shape index (κ1) is 23.3. The molecule has 6 nitrogen and oxygen atoms in total. The predicted molar refractivity (Wildman–Crippen MR) is 128 cm³/mol. The van der Waals surface area contributed by atoms with Gasteiger partial charge < -0.3 is 9.47 Å². The molecular formula is C27H20F3N3O3. The molecule has 0 N–H and O–H groups in total. The van der Waals surface area contributed by atoms with Crippen molar-refractivity contribution in [2.75, 3.05) is 0 Å². The van der Waals surface area contributed by atoms with Gasteiger partial charge in [-0.05, 0) is 60.3 Å². The predicted octanol–water partition coefficient (Wildman–Crippen LogP) is 6.32. The molecule has 0 saturated carbocycles. The van der Waals surface area contributed by atoms with E-state index in [1.807, 2.05) is 42.5 Å². The Hall–Kier alpha value is -4.40. The summed E-state index contributed by atoms with van der Waals surface area (Å²) >= 11 is 0. The summed E-state index contributed by atoms with van der Waals surface area (Å²) < 4.78 is 48.5. The van der Waals surface area contributed by atoms with Crippen molar-refractivity contribution in [3.63, 3.8) is 0 Å². The Labute approximate surface area is 203 Å². The number of rotatable bonds is 6. The normalized spacial score (nSPS) is 12.6. The molecule has 0 amide bonds. The van der Waals surface area contributed by atoms with E-state index in [4.69, 9.17) is 4.74 Å². The summed E-state index contributed by atoms with van der Waals surface area (Å²) in [5, 5.41) is 1.80. The van der Waals surface area contributed by atoms with Crippen LogP contribution in [-0.4, -0.2) is 26.9 Å². The molecule has 0 radical (unpaired) electrons. The highest BCUT2D eigenvalue weighted by Gasteiger charge is 2.31. The molecule has 5 aromatic rings. The first-order valence-corrected chi connectivity index (χ1v) is 11.1. The van der Waals surface area contributed by atoms with Crippen molar-refractivity contribution in [1.29, 1.82) is 0 Å². The van der Waals surface area contributed by atoms with Gasteiger partial charge in [-0.3, -0.25) is 14.3 Å². The van der Waals surface area contributed by atoms with Gasteiger partial charge >= 0.3 is 12.3 Å². The number of halogens is 3. The number of benzene rings is 3. The molecule has 0 spiro atoms. The van der Waals surface area contributed by atoms with Crippen molar-refractivity contribution in [2.45, 2.75) is 25.8 Å². The molecule has 9 heteroatoms. The van der Waals surface area contributed by atoms with E-state index in [1.54, 1.807) is 30.1 Å². The van der Waals surface area contributed by atoms with E-state index in [2.05, 4.69) is 14.7 Å². The number of pyridine rings is 1. The SMILES string of the molecule is CC(OC(=O)Cc1ccc2c(ccc3c2ncn3-c2ccc(OC(F)(F)F)cc2)c1)c1ccccn1. The zero-order valence-corrected chi connectivity index (χ0v) is 19.1. The van der Waals surface area contributed by atoms with Crippen LogP contribution in [0.25, 0.3) is 27.5 Å². The maximum Gasteiger partial charge on any atom is 0.573 e. The van der Waals surface area contributed by atoms with Gasteiger partial charge in [0.25, 0.3) is 0 Å². The zero-order valence-electron chi connectivity index (χ0n) is 19.1. The molecular weight excluding hydrogens is 471 g/mol. The number of aromatic nitrogens is 3. The standard InChI is InChI=1S/C27H20F3N3O3/c1-17(23-4-2-3-13-31-23)35-25(34)15-18-5-11-22-19(14-18)6-12-24-26(22)32-16-33(24)20-7-9-21(10-8-20)36-27(28,29)30/h2-14,16-17H,15H2,1H3. The number of ether oxygens (including phenoxy) is 2. The smallest absolute Gasteiger partial charge is 0.456 e. The number of alkyl halides is 3. The summed E-state index contributed by atoms with van der Waals surface area (Å²) in [6, 6.07) is 20.5. The summed E-state index contributed by atoms with van der Waals surface area (Å²) in [5.74, 6) is -0.641. The Morgan fingerprint density at radius 1 is 1.00 bits per heavy atom. The van der Waals surface area contributed by atoms with Gasteiger partial charge in [0.15, 0.2) is 0 Å². The minimum atomic E-state index is -4.74. The van der Waals surface area contributed by atoms with E-state index in [1.165, 1.54) is 24.3 Å². The van der Waals surface area contributed by atoms with E-state index in [-0.39, 0.29) is 18.1 Å². The molecule has 5 rings (SSSR count). The molecule has 1 atom stereocenters. The van der Waals surface area contributed by atoms with Crippen molar-refractivity contribution in [3.05, 3.63) is 96.6 Å². The minimum Gasteiger partial charge on any atom is -0.456 e. The first-order chi connectivity index (χ1) is 17.3. The number of hydrogen-bond acceptors (Lipinski definition) is 5. The van der Waals surface area contributed by atoms with Crippen molar-refractivity contribution in [1.82, 2.24) is 14.5 Å². The number of fused-ring (bicyclic) bond motifs is 3. The third-order valence-corrected chi connectivity index (χ3v) is 5.71. The summed E-state index contributed by atoms with van der Waals surface area (Å²) in [6.45, 7) is 1.78. The van der Waals surface area contributed by atoms with Crippen molar-refractivity contribution in [2.24, 2.45) is 0 Å². The molecule has 0 saturated heterocycles. The molecule has 0 bridgehead atoms. The molecule has 0 aliphatic carbocycles. The summed E-state index contributed by atoms with van der Waals surface area (Å²) in [5.41, 5.74) is 3.67. The van der Waals surface area contributed by atoms with Gasteiger partial charge in [-0.25, -0.2) is 4.98 Å². The minimum absolute atomic E-state index is 0.117. The van der Waals surface area contributed by atoms with Crippen LogP contribution < -0.4 is 4.74 Å². The second kappa shape index (κ2) is 9.33. The molecule has 0 fully saturated rings. The highest BCUT2D eigenvalue weighted by Crippen LogP contribution is 2.29. The van der Waals surface area contributed by atoms with Gasteiger partial charge in [-0.1, -0.05) is 30.3 Å². The number of carbonyl (C=O) groups is 1. The third-order valence-electron chi connectivity index (χ3n) is 5.71. The van der Waals surface area contributed by atoms with Gasteiger partial charge in [0, 0.05) is 17.3 Å². The Morgan fingerprint density at radius 2 is 1.81 bits per heavy atom. The lowest BCUT2D eigenvalue weighted by Gasteiger charge is -2.13. The van der Waals surface area contributed by atoms with Crippen LogP contribution in [0.3, 0.4) is 0 Å². The Kier molecular flexibility index (Phi) is 6.05. The highest BCUT2D eigenvalue weighted by atomic mass is 19.4. The van der Waals surface area contributed by atoms with Crippen molar-refractivity contribution in [3.8, 4) is 11.4 Å². The van der Waals surface area contributed by atoms with Gasteiger partial charge in [-0.15, -0.1) is 13.2 Å².